The summed E-state index contributed by atoms with van der Waals surface area (Å²) in [6, 6.07) is 5.61. The molecule has 0 bridgehead atoms. The summed E-state index contributed by atoms with van der Waals surface area (Å²) in [5.41, 5.74) is -0.209. The van der Waals surface area contributed by atoms with Gasteiger partial charge in [-0.3, -0.25) is 0 Å². The van der Waals surface area contributed by atoms with Gasteiger partial charge in [0.2, 0.25) is 10.0 Å². The molecule has 0 aliphatic carbocycles. The van der Waals surface area contributed by atoms with Gasteiger partial charge in [0.25, 0.3) is 0 Å². The Labute approximate surface area is 113 Å². The van der Waals surface area contributed by atoms with Crippen LogP contribution in [-0.2, 0) is 10.0 Å². The lowest BCUT2D eigenvalue weighted by molar-refractivity contribution is 0.0692. The second kappa shape index (κ2) is 6.14. The number of hydrogen-bond acceptors (Lipinski definition) is 4. The average Bonchev–Trinajstić information content (AvgIpc) is 2.35. The lowest BCUT2D eigenvalue weighted by Crippen LogP contribution is -2.34. The van der Waals surface area contributed by atoms with Gasteiger partial charge in [0, 0.05) is 20.1 Å². The van der Waals surface area contributed by atoms with E-state index < -0.39 is 16.0 Å². The zero-order chi connectivity index (χ0) is 14.6. The van der Waals surface area contributed by atoms with E-state index in [2.05, 4.69) is 0 Å². The third-order valence-electron chi connectivity index (χ3n) is 2.67. The molecular formula is C12H18N2O4S. The minimum Gasteiger partial charge on any atom is -0.478 e. The van der Waals surface area contributed by atoms with E-state index in [0.29, 0.717) is 13.1 Å². The Balaban J connectivity index is 3.10. The van der Waals surface area contributed by atoms with Crippen LogP contribution in [0.15, 0.2) is 29.2 Å². The lowest BCUT2D eigenvalue weighted by atomic mass is 10.2. The molecule has 0 saturated heterocycles. The van der Waals surface area contributed by atoms with Gasteiger partial charge in [-0.15, -0.1) is 0 Å². The van der Waals surface area contributed by atoms with Crippen molar-refractivity contribution in [3.05, 3.63) is 29.8 Å². The van der Waals surface area contributed by atoms with E-state index in [1.165, 1.54) is 31.3 Å². The summed E-state index contributed by atoms with van der Waals surface area (Å²) in [6.45, 7) is 0.855. The van der Waals surface area contributed by atoms with Crippen molar-refractivity contribution < 1.29 is 18.3 Å². The van der Waals surface area contributed by atoms with E-state index in [0.717, 1.165) is 4.31 Å². The van der Waals surface area contributed by atoms with E-state index in [-0.39, 0.29) is 10.5 Å². The third kappa shape index (κ3) is 3.76. The number of carbonyl (C=O) groups is 1. The van der Waals surface area contributed by atoms with Gasteiger partial charge >= 0.3 is 5.97 Å². The number of carboxylic acids is 1. The summed E-state index contributed by atoms with van der Waals surface area (Å²) in [5, 5.41) is 9.04. The molecule has 0 radical (unpaired) electrons. The highest BCUT2D eigenvalue weighted by Crippen LogP contribution is 2.19. The Kier molecular flexibility index (Phi) is 5.04. The van der Waals surface area contributed by atoms with Crippen molar-refractivity contribution in [1.29, 1.82) is 0 Å². The highest BCUT2D eigenvalue weighted by atomic mass is 32.2. The Morgan fingerprint density at radius 2 is 1.74 bits per heavy atom. The first-order chi connectivity index (χ1) is 8.76. The molecule has 1 aromatic carbocycles. The number of hydrogen-bond donors (Lipinski definition) is 1. The Hall–Kier alpha value is -1.44. The van der Waals surface area contributed by atoms with Crippen molar-refractivity contribution >= 4 is 16.0 Å². The highest BCUT2D eigenvalue weighted by Gasteiger charge is 2.25. The van der Waals surface area contributed by atoms with Gasteiger partial charge < -0.3 is 10.0 Å². The maximum atomic E-state index is 12.3. The second-order valence-electron chi connectivity index (χ2n) is 4.43. The molecule has 0 unspecified atom stereocenters. The zero-order valence-corrected chi connectivity index (χ0v) is 12.0. The summed E-state index contributed by atoms with van der Waals surface area (Å²) >= 11 is 0. The number of benzene rings is 1. The molecule has 0 aromatic heterocycles. The van der Waals surface area contributed by atoms with Crippen molar-refractivity contribution in [3.8, 4) is 0 Å². The standard InChI is InChI=1S/C12H18N2O4S/c1-13(2)8-9-14(3)19(17,18)11-7-5-4-6-10(11)12(15)16/h4-7H,8-9H2,1-3H3,(H,15,16). The van der Waals surface area contributed by atoms with Gasteiger partial charge in [0.15, 0.2) is 0 Å². The minimum atomic E-state index is -3.78. The lowest BCUT2D eigenvalue weighted by Gasteiger charge is -2.20. The average molecular weight is 286 g/mol. The van der Waals surface area contributed by atoms with Crippen molar-refractivity contribution in [1.82, 2.24) is 9.21 Å². The van der Waals surface area contributed by atoms with Gasteiger partial charge in [-0.1, -0.05) is 12.1 Å². The van der Waals surface area contributed by atoms with Crippen molar-refractivity contribution in [2.75, 3.05) is 34.2 Å². The summed E-state index contributed by atoms with van der Waals surface area (Å²) in [4.78, 5) is 12.7. The first kappa shape index (κ1) is 15.6. The van der Waals surface area contributed by atoms with Gasteiger partial charge in [-0.05, 0) is 26.2 Å². The quantitative estimate of drug-likeness (QED) is 0.827. The van der Waals surface area contributed by atoms with Crippen LogP contribution in [0, 0.1) is 0 Å². The van der Waals surface area contributed by atoms with Crippen LogP contribution in [0.1, 0.15) is 10.4 Å². The first-order valence-corrected chi connectivity index (χ1v) is 7.14. The van der Waals surface area contributed by atoms with E-state index in [1.807, 2.05) is 19.0 Å². The third-order valence-corrected chi connectivity index (χ3v) is 4.58. The number of carboxylic acid groups (broad SMARTS) is 1. The predicted molar refractivity (Wildman–Crippen MR) is 71.8 cm³/mol. The zero-order valence-electron chi connectivity index (χ0n) is 11.2. The molecule has 7 heteroatoms. The molecule has 0 fully saturated rings. The van der Waals surface area contributed by atoms with Crippen molar-refractivity contribution in [2.24, 2.45) is 0 Å². The molecule has 0 saturated carbocycles. The maximum Gasteiger partial charge on any atom is 0.337 e. The fourth-order valence-corrected chi connectivity index (χ4v) is 2.84. The topological polar surface area (TPSA) is 77.9 Å². The number of nitrogens with zero attached hydrogens (tertiary/aromatic N) is 2. The number of rotatable bonds is 6. The largest absolute Gasteiger partial charge is 0.478 e. The molecule has 0 atom stereocenters. The van der Waals surface area contributed by atoms with Crippen LogP contribution in [0.4, 0.5) is 0 Å². The molecular weight excluding hydrogens is 268 g/mol. The number of sulfonamides is 1. The molecule has 0 heterocycles. The molecule has 1 aromatic rings. The number of aromatic carboxylic acids is 1. The van der Waals surface area contributed by atoms with Gasteiger partial charge in [0.05, 0.1) is 10.5 Å². The molecule has 0 aliphatic rings. The molecule has 0 amide bonds. The Morgan fingerprint density at radius 1 is 1.16 bits per heavy atom. The minimum absolute atomic E-state index is 0.177. The SMILES string of the molecule is CN(C)CCN(C)S(=O)(=O)c1ccccc1C(=O)O. The molecule has 0 aliphatic heterocycles. The summed E-state index contributed by atoms with van der Waals surface area (Å²) in [5.74, 6) is -1.25. The molecule has 19 heavy (non-hydrogen) atoms. The van der Waals surface area contributed by atoms with Crippen LogP contribution in [0.25, 0.3) is 0 Å². The van der Waals surface area contributed by atoms with Crippen LogP contribution in [-0.4, -0.2) is 62.9 Å². The van der Waals surface area contributed by atoms with E-state index in [9.17, 15) is 13.2 Å². The van der Waals surface area contributed by atoms with Gasteiger partial charge in [-0.25, -0.2) is 13.2 Å². The van der Waals surface area contributed by atoms with Crippen LogP contribution < -0.4 is 0 Å². The molecule has 6 nitrogen and oxygen atoms in total. The first-order valence-electron chi connectivity index (χ1n) is 5.70. The van der Waals surface area contributed by atoms with Crippen LogP contribution in [0.3, 0.4) is 0 Å². The number of likely N-dealkylation sites (N-methyl/N-ethyl adjacent to an activating group) is 2. The summed E-state index contributed by atoms with van der Waals surface area (Å²) in [6.07, 6.45) is 0. The highest BCUT2D eigenvalue weighted by molar-refractivity contribution is 7.89. The molecule has 0 spiro atoms. The van der Waals surface area contributed by atoms with Crippen LogP contribution >= 0.6 is 0 Å². The Bertz CT molecular complexity index is 555. The van der Waals surface area contributed by atoms with E-state index >= 15 is 0 Å². The second-order valence-corrected chi connectivity index (χ2v) is 6.44. The smallest absolute Gasteiger partial charge is 0.337 e. The van der Waals surface area contributed by atoms with E-state index in [4.69, 9.17) is 5.11 Å². The van der Waals surface area contributed by atoms with Crippen LogP contribution in [0.5, 0.6) is 0 Å². The fraction of sp³-hybridized carbons (Fsp3) is 0.417. The molecule has 106 valence electrons. The molecule has 1 rings (SSSR count). The monoisotopic (exact) mass is 286 g/mol. The van der Waals surface area contributed by atoms with Gasteiger partial charge in [-0.2, -0.15) is 4.31 Å². The molecule has 1 N–H and O–H groups in total. The van der Waals surface area contributed by atoms with Gasteiger partial charge in [0.1, 0.15) is 0 Å². The Morgan fingerprint density at radius 3 is 2.26 bits per heavy atom. The normalized spacial score (nSPS) is 12.1. The van der Waals surface area contributed by atoms with E-state index in [1.54, 1.807) is 0 Å². The van der Waals surface area contributed by atoms with Crippen molar-refractivity contribution in [2.45, 2.75) is 4.90 Å². The predicted octanol–water partition coefficient (Wildman–Crippen LogP) is 0.567. The fourth-order valence-electron chi connectivity index (χ4n) is 1.50. The summed E-state index contributed by atoms with van der Waals surface area (Å²) in [7, 11) is 1.34. The van der Waals surface area contributed by atoms with Crippen LogP contribution in [0.2, 0.25) is 0 Å². The maximum absolute atomic E-state index is 12.3. The summed E-state index contributed by atoms with van der Waals surface area (Å²) < 4.78 is 25.8. The van der Waals surface area contributed by atoms with Crippen molar-refractivity contribution in [3.63, 3.8) is 0 Å².